The van der Waals surface area contributed by atoms with E-state index in [9.17, 15) is 14.4 Å². The first kappa shape index (κ1) is 19.6. The minimum absolute atomic E-state index is 0.0423. The minimum Gasteiger partial charge on any atom is -0.357 e. The lowest BCUT2D eigenvalue weighted by atomic mass is 9.68. The largest absolute Gasteiger partial charge is 0.357 e. The van der Waals surface area contributed by atoms with E-state index in [2.05, 4.69) is 41.2 Å². The molecule has 0 radical (unpaired) electrons. The second-order valence-corrected chi connectivity index (χ2v) is 9.27. The SMILES string of the molecule is CC1(C)CC(=O)C2=C(C1)NC(c1ccc(Br)cc1)=C(C#N)C2c1ccc(F)cc1. The van der Waals surface area contributed by atoms with Gasteiger partial charge in [0.2, 0.25) is 0 Å². The molecule has 29 heavy (non-hydrogen) atoms. The number of ketones is 1. The topological polar surface area (TPSA) is 52.9 Å². The molecule has 0 fully saturated rings. The van der Waals surface area contributed by atoms with Crippen LogP contribution in [-0.2, 0) is 4.79 Å². The van der Waals surface area contributed by atoms with Crippen molar-refractivity contribution in [1.82, 2.24) is 5.32 Å². The van der Waals surface area contributed by atoms with E-state index in [1.807, 2.05) is 24.3 Å². The number of nitriles is 1. The summed E-state index contributed by atoms with van der Waals surface area (Å²) < 4.78 is 14.5. The number of hydrogen-bond acceptors (Lipinski definition) is 3. The number of carbonyl (C=O) groups is 1. The van der Waals surface area contributed by atoms with Gasteiger partial charge in [-0.15, -0.1) is 0 Å². The van der Waals surface area contributed by atoms with Gasteiger partial charge in [-0.3, -0.25) is 4.79 Å². The molecule has 2 aromatic rings. The first-order valence-electron chi connectivity index (χ1n) is 9.48. The Morgan fingerprint density at radius 1 is 1.10 bits per heavy atom. The van der Waals surface area contributed by atoms with Crippen molar-refractivity contribution >= 4 is 27.4 Å². The van der Waals surface area contributed by atoms with Crippen molar-refractivity contribution in [3.05, 3.63) is 86.8 Å². The van der Waals surface area contributed by atoms with Crippen LogP contribution >= 0.6 is 15.9 Å². The highest BCUT2D eigenvalue weighted by molar-refractivity contribution is 9.10. The van der Waals surface area contributed by atoms with Gasteiger partial charge in [0.05, 0.1) is 23.3 Å². The summed E-state index contributed by atoms with van der Waals surface area (Å²) in [5.41, 5.74) is 4.14. The first-order chi connectivity index (χ1) is 13.8. The quantitative estimate of drug-likeness (QED) is 0.623. The van der Waals surface area contributed by atoms with Crippen LogP contribution in [0, 0.1) is 22.6 Å². The summed E-state index contributed by atoms with van der Waals surface area (Å²) in [5.74, 6) is -0.802. The second kappa shape index (κ2) is 7.27. The minimum atomic E-state index is -0.501. The molecule has 3 nitrogen and oxygen atoms in total. The van der Waals surface area contributed by atoms with Crippen LogP contribution in [0.1, 0.15) is 43.7 Å². The molecule has 0 amide bonds. The molecule has 146 valence electrons. The Morgan fingerprint density at radius 2 is 1.76 bits per heavy atom. The number of hydrogen-bond donors (Lipinski definition) is 1. The Balaban J connectivity index is 1.94. The van der Waals surface area contributed by atoms with Gasteiger partial charge in [0, 0.05) is 22.2 Å². The lowest BCUT2D eigenvalue weighted by molar-refractivity contribution is -0.118. The zero-order valence-corrected chi connectivity index (χ0v) is 17.8. The number of rotatable bonds is 2. The molecule has 1 unspecified atom stereocenters. The molecule has 1 heterocycles. The molecule has 2 aliphatic rings. The highest BCUT2D eigenvalue weighted by atomic mass is 79.9. The van der Waals surface area contributed by atoms with Gasteiger partial charge in [0.15, 0.2) is 5.78 Å². The fraction of sp³-hybridized carbons (Fsp3) is 0.250. The molecule has 1 aliphatic heterocycles. The Labute approximate surface area is 178 Å². The van der Waals surface area contributed by atoms with Gasteiger partial charge in [-0.1, -0.05) is 54.0 Å². The predicted octanol–water partition coefficient (Wildman–Crippen LogP) is 5.85. The normalized spacial score (nSPS) is 20.8. The molecule has 0 saturated heterocycles. The van der Waals surface area contributed by atoms with Gasteiger partial charge < -0.3 is 5.32 Å². The first-order valence-corrected chi connectivity index (χ1v) is 10.3. The lowest BCUT2D eigenvalue weighted by Crippen LogP contribution is -2.37. The number of allylic oxidation sites excluding steroid dienone is 3. The van der Waals surface area contributed by atoms with E-state index in [0.717, 1.165) is 21.3 Å². The van der Waals surface area contributed by atoms with Gasteiger partial charge >= 0.3 is 0 Å². The Bertz CT molecular complexity index is 1090. The van der Waals surface area contributed by atoms with Crippen LogP contribution in [0.2, 0.25) is 0 Å². The summed E-state index contributed by atoms with van der Waals surface area (Å²) in [6, 6.07) is 16.1. The molecular weight excluding hydrogens is 431 g/mol. The van der Waals surface area contributed by atoms with E-state index >= 15 is 0 Å². The van der Waals surface area contributed by atoms with Gasteiger partial charge in [0.25, 0.3) is 0 Å². The van der Waals surface area contributed by atoms with Crippen LogP contribution in [0.4, 0.5) is 4.39 Å². The monoisotopic (exact) mass is 450 g/mol. The van der Waals surface area contributed by atoms with Crippen molar-refractivity contribution in [2.24, 2.45) is 5.41 Å². The van der Waals surface area contributed by atoms with Crippen molar-refractivity contribution in [3.63, 3.8) is 0 Å². The highest BCUT2D eigenvalue weighted by Gasteiger charge is 2.41. The van der Waals surface area contributed by atoms with Crippen LogP contribution in [0.5, 0.6) is 0 Å². The standard InChI is InChI=1S/C24H20BrFN2O/c1-24(2)11-19-22(20(29)12-24)21(14-5-9-17(26)10-6-14)18(13-27)23(28-19)15-3-7-16(25)8-4-15/h3-10,21,28H,11-12H2,1-2H3. The summed E-state index contributed by atoms with van der Waals surface area (Å²) in [5, 5.41) is 13.5. The zero-order chi connectivity index (χ0) is 20.8. The number of dihydropyridines is 1. The summed E-state index contributed by atoms with van der Waals surface area (Å²) in [7, 11) is 0. The number of nitrogens with zero attached hydrogens (tertiary/aromatic N) is 1. The molecule has 4 rings (SSSR count). The zero-order valence-electron chi connectivity index (χ0n) is 16.2. The summed E-state index contributed by atoms with van der Waals surface area (Å²) in [6.45, 7) is 4.15. The Morgan fingerprint density at radius 3 is 2.38 bits per heavy atom. The van der Waals surface area contributed by atoms with Crippen LogP contribution in [0.3, 0.4) is 0 Å². The number of carbonyl (C=O) groups excluding carboxylic acids is 1. The van der Waals surface area contributed by atoms with Gasteiger partial charge in [-0.2, -0.15) is 5.26 Å². The highest BCUT2D eigenvalue weighted by Crippen LogP contribution is 2.47. The van der Waals surface area contributed by atoms with E-state index in [-0.39, 0.29) is 17.0 Å². The van der Waals surface area contributed by atoms with Gasteiger partial charge in [-0.25, -0.2) is 4.39 Å². The molecule has 0 aromatic heterocycles. The second-order valence-electron chi connectivity index (χ2n) is 8.35. The maximum Gasteiger partial charge on any atom is 0.162 e. The van der Waals surface area contributed by atoms with E-state index in [1.54, 1.807) is 12.1 Å². The number of nitrogens with one attached hydrogen (secondary N) is 1. The van der Waals surface area contributed by atoms with Crippen molar-refractivity contribution in [1.29, 1.82) is 5.26 Å². The number of benzene rings is 2. The van der Waals surface area contributed by atoms with Crippen molar-refractivity contribution in [2.45, 2.75) is 32.6 Å². The fourth-order valence-corrected chi connectivity index (χ4v) is 4.51. The molecule has 2 aromatic carbocycles. The Kier molecular flexibility index (Phi) is 4.92. The fourth-order valence-electron chi connectivity index (χ4n) is 4.24. The molecule has 1 aliphatic carbocycles. The molecule has 0 spiro atoms. The maximum absolute atomic E-state index is 13.6. The van der Waals surface area contributed by atoms with E-state index in [1.165, 1.54) is 12.1 Å². The molecule has 0 saturated carbocycles. The summed E-state index contributed by atoms with van der Waals surface area (Å²) in [4.78, 5) is 13.1. The molecule has 5 heteroatoms. The third kappa shape index (κ3) is 3.65. The van der Waals surface area contributed by atoms with Crippen molar-refractivity contribution in [3.8, 4) is 6.07 Å². The molecular formula is C24H20BrFN2O. The lowest BCUT2D eigenvalue weighted by Gasteiger charge is -2.39. The summed E-state index contributed by atoms with van der Waals surface area (Å²) >= 11 is 3.44. The summed E-state index contributed by atoms with van der Waals surface area (Å²) in [6.07, 6.45) is 1.14. The van der Waals surface area contributed by atoms with Gasteiger partial charge in [-0.05, 0) is 47.2 Å². The van der Waals surface area contributed by atoms with Crippen LogP contribution in [0.25, 0.3) is 5.70 Å². The van der Waals surface area contributed by atoms with E-state index < -0.39 is 5.92 Å². The third-order valence-electron chi connectivity index (χ3n) is 5.50. The maximum atomic E-state index is 13.6. The number of Topliss-reactive ketones (excluding diaryl/α,β-unsaturated/α-hetero) is 1. The Hall–Kier alpha value is -2.71. The van der Waals surface area contributed by atoms with Crippen LogP contribution in [0.15, 0.2) is 69.8 Å². The smallest absolute Gasteiger partial charge is 0.162 e. The average Bonchev–Trinajstić information content (AvgIpc) is 2.67. The van der Waals surface area contributed by atoms with E-state index in [0.29, 0.717) is 29.7 Å². The number of halogens is 2. The molecule has 0 bridgehead atoms. The van der Waals surface area contributed by atoms with Gasteiger partial charge in [0.1, 0.15) is 5.82 Å². The third-order valence-corrected chi connectivity index (χ3v) is 6.03. The van der Waals surface area contributed by atoms with E-state index in [4.69, 9.17) is 0 Å². The van der Waals surface area contributed by atoms with Crippen LogP contribution < -0.4 is 5.32 Å². The molecule has 1 N–H and O–H groups in total. The van der Waals surface area contributed by atoms with Crippen molar-refractivity contribution < 1.29 is 9.18 Å². The predicted molar refractivity (Wildman–Crippen MR) is 114 cm³/mol. The molecule has 1 atom stereocenters. The van der Waals surface area contributed by atoms with Crippen molar-refractivity contribution in [2.75, 3.05) is 0 Å². The average molecular weight is 451 g/mol. The van der Waals surface area contributed by atoms with Crippen LogP contribution in [-0.4, -0.2) is 5.78 Å².